The van der Waals surface area contributed by atoms with Crippen LogP contribution in [0.3, 0.4) is 0 Å². The Morgan fingerprint density at radius 3 is 2.76 bits per heavy atom. The van der Waals surface area contributed by atoms with Crippen molar-refractivity contribution in [2.75, 3.05) is 18.1 Å². The molecule has 6 nitrogen and oxygen atoms in total. The SMILES string of the molecule is Fc1ccc2c(c1)c(N1CCOc3c(C#CC4(C(F)(F)F)CC4)cccc31)nc1nncn12. The van der Waals surface area contributed by atoms with Crippen LogP contribution in [0.25, 0.3) is 16.7 Å². The van der Waals surface area contributed by atoms with Gasteiger partial charge < -0.3 is 9.64 Å². The average Bonchev–Trinajstić information content (AvgIpc) is 3.46. The first-order valence-electron chi connectivity index (χ1n) is 10.3. The quantitative estimate of drug-likeness (QED) is 0.311. The molecule has 0 radical (unpaired) electrons. The Kier molecular flexibility index (Phi) is 4.08. The molecule has 0 N–H and O–H groups in total. The third-order valence-corrected chi connectivity index (χ3v) is 6.03. The second kappa shape index (κ2) is 6.81. The Morgan fingerprint density at radius 1 is 1.12 bits per heavy atom. The third kappa shape index (κ3) is 3.07. The Labute approximate surface area is 184 Å². The molecule has 1 fully saturated rings. The van der Waals surface area contributed by atoms with Crippen molar-refractivity contribution in [3.05, 3.63) is 54.1 Å². The van der Waals surface area contributed by atoms with Gasteiger partial charge in [-0.25, -0.2) is 4.39 Å². The predicted octanol–water partition coefficient (Wildman–Crippen LogP) is 4.64. The average molecular weight is 453 g/mol. The molecule has 2 aliphatic rings. The Hall–Kier alpha value is -3.87. The van der Waals surface area contributed by atoms with Crippen molar-refractivity contribution in [3.63, 3.8) is 0 Å². The van der Waals surface area contributed by atoms with Gasteiger partial charge in [0, 0.05) is 5.39 Å². The molecule has 1 aliphatic heterocycles. The zero-order valence-electron chi connectivity index (χ0n) is 17.0. The molecule has 2 aromatic carbocycles. The van der Waals surface area contributed by atoms with Gasteiger partial charge in [-0.05, 0) is 43.2 Å². The van der Waals surface area contributed by atoms with Crippen LogP contribution < -0.4 is 9.64 Å². The lowest BCUT2D eigenvalue weighted by Crippen LogP contribution is -2.30. The van der Waals surface area contributed by atoms with Crippen LogP contribution in [0.5, 0.6) is 5.75 Å². The number of hydrogen-bond donors (Lipinski definition) is 0. The monoisotopic (exact) mass is 453 g/mol. The van der Waals surface area contributed by atoms with Gasteiger partial charge in [0.05, 0.1) is 23.3 Å². The van der Waals surface area contributed by atoms with Gasteiger partial charge >= 0.3 is 6.18 Å². The lowest BCUT2D eigenvalue weighted by molar-refractivity contribution is -0.168. The molecule has 33 heavy (non-hydrogen) atoms. The maximum absolute atomic E-state index is 14.2. The van der Waals surface area contributed by atoms with E-state index in [2.05, 4.69) is 27.0 Å². The molecule has 1 saturated carbocycles. The van der Waals surface area contributed by atoms with E-state index < -0.39 is 17.4 Å². The maximum Gasteiger partial charge on any atom is 0.405 e. The van der Waals surface area contributed by atoms with Gasteiger partial charge in [-0.15, -0.1) is 10.2 Å². The lowest BCUT2D eigenvalue weighted by atomic mass is 10.1. The molecular formula is C23H15F4N5O. The van der Waals surface area contributed by atoms with Crippen molar-refractivity contribution < 1.29 is 22.3 Å². The van der Waals surface area contributed by atoms with E-state index in [9.17, 15) is 17.6 Å². The molecule has 0 spiro atoms. The minimum absolute atomic E-state index is 0.00530. The number of para-hydroxylation sites is 1. The van der Waals surface area contributed by atoms with E-state index in [1.165, 1.54) is 18.5 Å². The van der Waals surface area contributed by atoms with Crippen molar-refractivity contribution in [3.8, 4) is 17.6 Å². The molecule has 3 heterocycles. The molecule has 2 aromatic heterocycles. The number of aromatic nitrogens is 4. The minimum atomic E-state index is -4.36. The summed E-state index contributed by atoms with van der Waals surface area (Å²) in [6, 6.07) is 9.47. The van der Waals surface area contributed by atoms with E-state index in [0.717, 1.165) is 0 Å². The summed E-state index contributed by atoms with van der Waals surface area (Å²) in [5, 5.41) is 8.47. The van der Waals surface area contributed by atoms with Crippen LogP contribution in [0.1, 0.15) is 18.4 Å². The molecule has 0 bridgehead atoms. The van der Waals surface area contributed by atoms with Crippen molar-refractivity contribution >= 4 is 28.2 Å². The topological polar surface area (TPSA) is 55.5 Å². The number of hydrogen-bond acceptors (Lipinski definition) is 5. The fourth-order valence-corrected chi connectivity index (χ4v) is 4.09. The number of fused-ring (bicyclic) bond motifs is 4. The standard InChI is InChI=1S/C23H15F4N5O/c24-15-4-5-17-16(12-15)20(29-21-30-28-13-32(17)21)31-10-11-33-19-14(2-1-3-18(19)31)6-7-22(8-9-22)23(25,26)27/h1-5,12-13H,8-11H2. The molecule has 0 unspecified atom stereocenters. The normalized spacial score (nSPS) is 16.8. The van der Waals surface area contributed by atoms with Gasteiger partial charge in [0.2, 0.25) is 0 Å². The van der Waals surface area contributed by atoms with Crippen LogP contribution in [-0.4, -0.2) is 38.9 Å². The summed E-state index contributed by atoms with van der Waals surface area (Å²) >= 11 is 0. The highest BCUT2D eigenvalue weighted by molar-refractivity contribution is 5.94. The maximum atomic E-state index is 14.2. The Morgan fingerprint density at radius 2 is 1.97 bits per heavy atom. The van der Waals surface area contributed by atoms with Gasteiger partial charge in [-0.3, -0.25) is 4.40 Å². The van der Waals surface area contributed by atoms with Gasteiger partial charge in [-0.1, -0.05) is 17.9 Å². The summed E-state index contributed by atoms with van der Waals surface area (Å²) in [7, 11) is 0. The van der Waals surface area contributed by atoms with Crippen molar-refractivity contribution in [2.45, 2.75) is 19.0 Å². The Balaban J connectivity index is 1.50. The first-order valence-corrected chi connectivity index (χ1v) is 10.3. The van der Waals surface area contributed by atoms with Gasteiger partial charge in [0.15, 0.2) is 5.75 Å². The van der Waals surface area contributed by atoms with Gasteiger partial charge in [-0.2, -0.15) is 18.2 Å². The largest absolute Gasteiger partial charge is 0.488 e. The van der Waals surface area contributed by atoms with E-state index in [1.54, 1.807) is 28.7 Å². The number of anilines is 2. The number of nitrogens with zero attached hydrogens (tertiary/aromatic N) is 5. The Bertz CT molecular complexity index is 1480. The van der Waals surface area contributed by atoms with Gasteiger partial charge in [0.25, 0.3) is 5.78 Å². The molecule has 6 rings (SSSR count). The van der Waals surface area contributed by atoms with Crippen LogP contribution in [0, 0.1) is 23.1 Å². The van der Waals surface area contributed by atoms with Crippen molar-refractivity contribution in [1.82, 2.24) is 19.6 Å². The van der Waals surface area contributed by atoms with Crippen LogP contribution in [0.4, 0.5) is 29.1 Å². The highest BCUT2D eigenvalue weighted by Gasteiger charge is 2.62. The third-order valence-electron chi connectivity index (χ3n) is 6.03. The summed E-state index contributed by atoms with van der Waals surface area (Å²) in [6.45, 7) is 0.658. The minimum Gasteiger partial charge on any atom is -0.488 e. The summed E-state index contributed by atoms with van der Waals surface area (Å²) < 4.78 is 61.6. The first-order chi connectivity index (χ1) is 15.9. The number of rotatable bonds is 1. The molecule has 0 saturated heterocycles. The summed E-state index contributed by atoms with van der Waals surface area (Å²) in [5.41, 5.74) is -0.303. The van der Waals surface area contributed by atoms with Gasteiger partial charge in [0.1, 0.15) is 30.0 Å². The molecule has 0 atom stereocenters. The second-order valence-electron chi connectivity index (χ2n) is 8.08. The highest BCUT2D eigenvalue weighted by atomic mass is 19.4. The molecule has 4 aromatic rings. The number of alkyl halides is 3. The van der Waals surface area contributed by atoms with Crippen molar-refractivity contribution in [2.24, 2.45) is 5.41 Å². The van der Waals surface area contributed by atoms with E-state index in [4.69, 9.17) is 4.74 Å². The van der Waals surface area contributed by atoms with Crippen LogP contribution in [0.2, 0.25) is 0 Å². The summed E-state index contributed by atoms with van der Waals surface area (Å²) in [5.74, 6) is 5.87. The molecular weight excluding hydrogens is 438 g/mol. The lowest BCUT2D eigenvalue weighted by Gasteiger charge is -2.31. The van der Waals surface area contributed by atoms with Crippen LogP contribution in [-0.2, 0) is 0 Å². The zero-order valence-corrected chi connectivity index (χ0v) is 17.0. The highest BCUT2D eigenvalue weighted by Crippen LogP contribution is 2.57. The van der Waals surface area contributed by atoms with E-state index in [1.807, 2.05) is 4.90 Å². The van der Waals surface area contributed by atoms with E-state index in [0.29, 0.717) is 46.0 Å². The zero-order chi connectivity index (χ0) is 22.8. The number of halogens is 4. The molecule has 10 heteroatoms. The molecule has 0 amide bonds. The number of ether oxygens (including phenoxy) is 1. The second-order valence-corrected chi connectivity index (χ2v) is 8.08. The molecule has 1 aliphatic carbocycles. The first kappa shape index (κ1) is 19.8. The molecule has 166 valence electrons. The van der Waals surface area contributed by atoms with Crippen LogP contribution in [0.15, 0.2) is 42.7 Å². The summed E-state index contributed by atoms with van der Waals surface area (Å²) in [6.07, 6.45) is -2.85. The van der Waals surface area contributed by atoms with E-state index in [-0.39, 0.29) is 19.4 Å². The van der Waals surface area contributed by atoms with Crippen LogP contribution >= 0.6 is 0 Å². The summed E-state index contributed by atoms with van der Waals surface area (Å²) in [4.78, 5) is 6.44. The van der Waals surface area contributed by atoms with Crippen molar-refractivity contribution in [1.29, 1.82) is 0 Å². The fourth-order valence-electron chi connectivity index (χ4n) is 4.09. The predicted molar refractivity (Wildman–Crippen MR) is 112 cm³/mol. The fraction of sp³-hybridized carbons (Fsp3) is 0.261. The smallest absolute Gasteiger partial charge is 0.405 e. The number of benzene rings is 2. The van der Waals surface area contributed by atoms with E-state index >= 15 is 0 Å².